The molecule has 0 aromatic heterocycles. The topological polar surface area (TPSA) is 60.8 Å². The highest BCUT2D eigenvalue weighted by Crippen LogP contribution is 2.29. The Morgan fingerprint density at radius 3 is 2.21 bits per heavy atom. The Bertz CT molecular complexity index is 608. The standard InChI is InChI=1S/C14H12FNO3/c1-16(10-6-3-2-5-9(10)15)14(19)13-11(17)7-4-8-12(13)18/h2-8,17-18H,1H3. The molecule has 2 aromatic carbocycles. The number of amides is 1. The molecule has 4 nitrogen and oxygen atoms in total. The van der Waals surface area contributed by atoms with Crippen molar-refractivity contribution in [3.8, 4) is 11.5 Å². The average molecular weight is 261 g/mol. The van der Waals surface area contributed by atoms with Gasteiger partial charge in [-0.15, -0.1) is 0 Å². The molecule has 2 N–H and O–H groups in total. The number of phenolic OH excluding ortho intramolecular Hbond substituents is 2. The lowest BCUT2D eigenvalue weighted by molar-refractivity contribution is 0.0987. The number of rotatable bonds is 2. The van der Waals surface area contributed by atoms with Crippen molar-refractivity contribution in [3.63, 3.8) is 0 Å². The minimum absolute atomic E-state index is 0.0650. The maximum atomic E-state index is 13.6. The summed E-state index contributed by atoms with van der Waals surface area (Å²) in [5, 5.41) is 19.3. The van der Waals surface area contributed by atoms with Gasteiger partial charge in [-0.2, -0.15) is 0 Å². The molecule has 1 amide bonds. The number of carbonyl (C=O) groups excluding carboxylic acids is 1. The van der Waals surface area contributed by atoms with E-state index in [0.29, 0.717) is 0 Å². The van der Waals surface area contributed by atoms with Crippen molar-refractivity contribution in [3.05, 3.63) is 53.8 Å². The van der Waals surface area contributed by atoms with Gasteiger partial charge in [-0.1, -0.05) is 18.2 Å². The summed E-state index contributed by atoms with van der Waals surface area (Å²) in [6.07, 6.45) is 0. The third-order valence-corrected chi connectivity index (χ3v) is 2.75. The fraction of sp³-hybridized carbons (Fsp3) is 0.0714. The average Bonchev–Trinajstić information content (AvgIpc) is 2.38. The molecule has 0 heterocycles. The van der Waals surface area contributed by atoms with E-state index in [9.17, 15) is 19.4 Å². The number of phenols is 2. The molecular formula is C14H12FNO3. The van der Waals surface area contributed by atoms with Crippen LogP contribution in [0.4, 0.5) is 10.1 Å². The number of carbonyl (C=O) groups is 1. The maximum Gasteiger partial charge on any atom is 0.265 e. The molecule has 0 unspecified atom stereocenters. The first kappa shape index (κ1) is 12.9. The Balaban J connectivity index is 2.43. The van der Waals surface area contributed by atoms with Crippen LogP contribution in [0.3, 0.4) is 0 Å². The first-order valence-corrected chi connectivity index (χ1v) is 5.56. The third-order valence-electron chi connectivity index (χ3n) is 2.75. The molecule has 0 fully saturated rings. The number of benzene rings is 2. The second-order valence-corrected chi connectivity index (χ2v) is 3.99. The predicted molar refractivity (Wildman–Crippen MR) is 68.9 cm³/mol. The lowest BCUT2D eigenvalue weighted by Gasteiger charge is -2.19. The Hall–Kier alpha value is -2.56. The van der Waals surface area contributed by atoms with E-state index in [1.54, 1.807) is 6.07 Å². The van der Waals surface area contributed by atoms with Gasteiger partial charge in [-0.25, -0.2) is 4.39 Å². The van der Waals surface area contributed by atoms with Crippen LogP contribution in [0.5, 0.6) is 11.5 Å². The van der Waals surface area contributed by atoms with Crippen molar-refractivity contribution < 1.29 is 19.4 Å². The zero-order chi connectivity index (χ0) is 14.0. The van der Waals surface area contributed by atoms with Gasteiger partial charge in [0, 0.05) is 7.05 Å². The molecule has 0 bridgehead atoms. The number of hydrogen-bond donors (Lipinski definition) is 2. The second-order valence-electron chi connectivity index (χ2n) is 3.99. The van der Waals surface area contributed by atoms with Crippen LogP contribution in [-0.2, 0) is 0 Å². The number of para-hydroxylation sites is 1. The normalized spacial score (nSPS) is 10.2. The Kier molecular flexibility index (Phi) is 3.37. The number of nitrogens with zero attached hydrogens (tertiary/aromatic N) is 1. The van der Waals surface area contributed by atoms with Crippen LogP contribution in [0, 0.1) is 5.82 Å². The SMILES string of the molecule is CN(C(=O)c1c(O)cccc1O)c1ccccc1F. The summed E-state index contributed by atoms with van der Waals surface area (Å²) in [6.45, 7) is 0. The van der Waals surface area contributed by atoms with Crippen molar-refractivity contribution in [1.29, 1.82) is 0 Å². The van der Waals surface area contributed by atoms with Crippen molar-refractivity contribution >= 4 is 11.6 Å². The van der Waals surface area contributed by atoms with Gasteiger partial charge in [-0.05, 0) is 24.3 Å². The van der Waals surface area contributed by atoms with Crippen LogP contribution in [0.1, 0.15) is 10.4 Å². The molecule has 0 aliphatic heterocycles. The van der Waals surface area contributed by atoms with Gasteiger partial charge in [0.25, 0.3) is 5.91 Å². The summed E-state index contributed by atoms with van der Waals surface area (Å²) in [4.78, 5) is 13.2. The highest BCUT2D eigenvalue weighted by molar-refractivity contribution is 6.09. The summed E-state index contributed by atoms with van der Waals surface area (Å²) in [7, 11) is 1.37. The van der Waals surface area contributed by atoms with Crippen LogP contribution < -0.4 is 4.90 Å². The molecule has 2 aromatic rings. The van der Waals surface area contributed by atoms with Crippen LogP contribution in [0.15, 0.2) is 42.5 Å². The molecule has 0 spiro atoms. The summed E-state index contributed by atoms with van der Waals surface area (Å²) in [5.74, 6) is -1.96. The molecule has 0 radical (unpaired) electrons. The number of hydrogen-bond acceptors (Lipinski definition) is 3. The number of halogens is 1. The van der Waals surface area contributed by atoms with Crippen LogP contribution in [0.25, 0.3) is 0 Å². The second kappa shape index (κ2) is 4.97. The van der Waals surface area contributed by atoms with E-state index in [2.05, 4.69) is 0 Å². The van der Waals surface area contributed by atoms with Crippen molar-refractivity contribution in [2.75, 3.05) is 11.9 Å². The molecular weight excluding hydrogens is 249 g/mol. The summed E-state index contributed by atoms with van der Waals surface area (Å²) >= 11 is 0. The Morgan fingerprint density at radius 1 is 1.05 bits per heavy atom. The van der Waals surface area contributed by atoms with Gasteiger partial charge in [0.05, 0.1) is 5.69 Å². The molecule has 0 saturated carbocycles. The first-order chi connectivity index (χ1) is 9.02. The van der Waals surface area contributed by atoms with Crippen LogP contribution in [0.2, 0.25) is 0 Å². The molecule has 19 heavy (non-hydrogen) atoms. The van der Waals surface area contributed by atoms with Gasteiger partial charge >= 0.3 is 0 Å². The minimum atomic E-state index is -0.694. The number of aromatic hydroxyl groups is 2. The zero-order valence-corrected chi connectivity index (χ0v) is 10.2. The van der Waals surface area contributed by atoms with Gasteiger partial charge < -0.3 is 15.1 Å². The molecule has 0 aliphatic rings. The smallest absolute Gasteiger partial charge is 0.265 e. The zero-order valence-electron chi connectivity index (χ0n) is 10.2. The Labute approximate surface area is 109 Å². The van der Waals surface area contributed by atoms with E-state index < -0.39 is 11.7 Å². The van der Waals surface area contributed by atoms with Gasteiger partial charge in [0.1, 0.15) is 22.9 Å². The lowest BCUT2D eigenvalue weighted by atomic mass is 10.1. The molecule has 0 atom stereocenters. The van der Waals surface area contributed by atoms with Crippen molar-refractivity contribution in [1.82, 2.24) is 0 Å². The van der Waals surface area contributed by atoms with Gasteiger partial charge in [-0.3, -0.25) is 4.79 Å². The van der Waals surface area contributed by atoms with E-state index in [1.807, 2.05) is 0 Å². The quantitative estimate of drug-likeness (QED) is 0.873. The van der Waals surface area contributed by atoms with Crippen molar-refractivity contribution in [2.45, 2.75) is 0 Å². The molecule has 98 valence electrons. The van der Waals surface area contributed by atoms with Crippen LogP contribution >= 0.6 is 0 Å². The van der Waals surface area contributed by atoms with E-state index in [1.165, 1.54) is 43.4 Å². The minimum Gasteiger partial charge on any atom is -0.507 e. The van der Waals surface area contributed by atoms with Crippen molar-refractivity contribution in [2.24, 2.45) is 0 Å². The van der Waals surface area contributed by atoms with E-state index in [-0.39, 0.29) is 22.7 Å². The van der Waals surface area contributed by atoms with E-state index in [0.717, 1.165) is 4.90 Å². The summed E-state index contributed by atoms with van der Waals surface area (Å²) < 4.78 is 13.6. The summed E-state index contributed by atoms with van der Waals surface area (Å²) in [5.41, 5.74) is -0.191. The highest BCUT2D eigenvalue weighted by Gasteiger charge is 2.22. The number of anilines is 1. The summed E-state index contributed by atoms with van der Waals surface area (Å²) in [6, 6.07) is 9.73. The third kappa shape index (κ3) is 2.35. The van der Waals surface area contributed by atoms with Crippen LogP contribution in [-0.4, -0.2) is 23.2 Å². The maximum absolute atomic E-state index is 13.6. The van der Waals surface area contributed by atoms with E-state index >= 15 is 0 Å². The van der Waals surface area contributed by atoms with Gasteiger partial charge in [0.2, 0.25) is 0 Å². The molecule has 2 rings (SSSR count). The first-order valence-electron chi connectivity index (χ1n) is 5.56. The largest absolute Gasteiger partial charge is 0.507 e. The molecule has 5 heteroatoms. The Morgan fingerprint density at radius 2 is 1.63 bits per heavy atom. The fourth-order valence-electron chi connectivity index (χ4n) is 1.75. The lowest BCUT2D eigenvalue weighted by Crippen LogP contribution is -2.27. The fourth-order valence-corrected chi connectivity index (χ4v) is 1.75. The van der Waals surface area contributed by atoms with Gasteiger partial charge in [0.15, 0.2) is 0 Å². The van der Waals surface area contributed by atoms with E-state index in [4.69, 9.17) is 0 Å². The predicted octanol–water partition coefficient (Wildman–Crippen LogP) is 2.51. The monoisotopic (exact) mass is 261 g/mol. The molecule has 0 aliphatic carbocycles. The molecule has 0 saturated heterocycles. The highest BCUT2D eigenvalue weighted by atomic mass is 19.1.